The average Bonchev–Trinajstić information content (AvgIpc) is 2.91. The number of carbonyl (C=O) groups is 1. The summed E-state index contributed by atoms with van der Waals surface area (Å²) in [6.07, 6.45) is 5.21. The van der Waals surface area contributed by atoms with Crippen molar-refractivity contribution in [2.45, 2.75) is 38.6 Å². The van der Waals surface area contributed by atoms with E-state index in [1.165, 1.54) is 31.2 Å². The molecule has 1 amide bonds. The van der Waals surface area contributed by atoms with Gasteiger partial charge in [-0.3, -0.25) is 4.79 Å². The summed E-state index contributed by atoms with van der Waals surface area (Å²) >= 11 is 0. The maximum absolute atomic E-state index is 12.1. The van der Waals surface area contributed by atoms with E-state index in [4.69, 9.17) is 0 Å². The second kappa shape index (κ2) is 4.17. The minimum atomic E-state index is 0.0996. The number of amides is 1. The normalized spacial score (nSPS) is 30.5. The number of aryl methyl sites for hydroxylation is 1. The molecule has 0 aliphatic heterocycles. The number of fused-ring (bicyclic) bond motifs is 2. The van der Waals surface area contributed by atoms with Crippen LogP contribution in [0.1, 0.15) is 41.6 Å². The fourth-order valence-corrected chi connectivity index (χ4v) is 3.38. The molecular formula is C15H19NO. The van der Waals surface area contributed by atoms with Gasteiger partial charge in [-0.05, 0) is 50.2 Å². The summed E-state index contributed by atoms with van der Waals surface area (Å²) < 4.78 is 0. The topological polar surface area (TPSA) is 29.1 Å². The average molecular weight is 229 g/mol. The molecular weight excluding hydrogens is 210 g/mol. The molecule has 2 saturated carbocycles. The van der Waals surface area contributed by atoms with Gasteiger partial charge in [0.25, 0.3) is 5.91 Å². The van der Waals surface area contributed by atoms with Crippen molar-refractivity contribution < 1.29 is 4.79 Å². The van der Waals surface area contributed by atoms with E-state index in [2.05, 4.69) is 5.32 Å². The fraction of sp³-hybridized carbons (Fsp3) is 0.533. The molecule has 1 N–H and O–H groups in total. The molecule has 0 saturated heterocycles. The second-order valence-electron chi connectivity index (χ2n) is 5.62. The number of benzene rings is 1. The zero-order valence-electron chi connectivity index (χ0n) is 10.3. The van der Waals surface area contributed by atoms with Crippen molar-refractivity contribution >= 4 is 5.91 Å². The zero-order chi connectivity index (χ0) is 11.8. The van der Waals surface area contributed by atoms with Crippen LogP contribution in [-0.2, 0) is 0 Å². The molecule has 3 rings (SSSR count). The maximum atomic E-state index is 12.1. The van der Waals surface area contributed by atoms with Crippen molar-refractivity contribution in [3.63, 3.8) is 0 Å². The first-order chi connectivity index (χ1) is 8.22. The Balaban J connectivity index is 1.65. The first kappa shape index (κ1) is 10.8. The van der Waals surface area contributed by atoms with Crippen molar-refractivity contribution in [1.29, 1.82) is 0 Å². The van der Waals surface area contributed by atoms with Crippen LogP contribution in [0.25, 0.3) is 0 Å². The monoisotopic (exact) mass is 229 g/mol. The molecule has 2 heteroatoms. The first-order valence-corrected chi connectivity index (χ1v) is 6.60. The van der Waals surface area contributed by atoms with E-state index in [9.17, 15) is 4.79 Å². The Hall–Kier alpha value is -1.31. The van der Waals surface area contributed by atoms with E-state index in [-0.39, 0.29) is 5.91 Å². The highest BCUT2D eigenvalue weighted by molar-refractivity contribution is 5.94. The highest BCUT2D eigenvalue weighted by Crippen LogP contribution is 2.44. The van der Waals surface area contributed by atoms with Crippen LogP contribution in [0, 0.1) is 18.8 Å². The summed E-state index contributed by atoms with van der Waals surface area (Å²) in [5.41, 5.74) is 1.99. The quantitative estimate of drug-likeness (QED) is 0.830. The smallest absolute Gasteiger partial charge is 0.251 e. The predicted molar refractivity (Wildman–Crippen MR) is 67.9 cm³/mol. The zero-order valence-corrected chi connectivity index (χ0v) is 10.3. The van der Waals surface area contributed by atoms with E-state index in [0.717, 1.165) is 17.4 Å². The van der Waals surface area contributed by atoms with Gasteiger partial charge in [0, 0.05) is 11.6 Å². The number of rotatable bonds is 2. The van der Waals surface area contributed by atoms with E-state index in [0.29, 0.717) is 6.04 Å². The van der Waals surface area contributed by atoms with Crippen LogP contribution in [0.5, 0.6) is 0 Å². The highest BCUT2D eigenvalue weighted by Gasteiger charge is 2.40. The Morgan fingerprint density at radius 1 is 1.18 bits per heavy atom. The molecule has 3 atom stereocenters. The van der Waals surface area contributed by atoms with E-state index >= 15 is 0 Å². The maximum Gasteiger partial charge on any atom is 0.251 e. The molecule has 2 bridgehead atoms. The third-order valence-electron chi connectivity index (χ3n) is 4.37. The molecule has 0 heterocycles. The lowest BCUT2D eigenvalue weighted by molar-refractivity contribution is 0.0923. The van der Waals surface area contributed by atoms with Gasteiger partial charge in [-0.15, -0.1) is 0 Å². The van der Waals surface area contributed by atoms with Gasteiger partial charge in [-0.25, -0.2) is 0 Å². The molecule has 0 spiro atoms. The Morgan fingerprint density at radius 2 is 1.94 bits per heavy atom. The molecule has 2 aliphatic rings. The molecule has 2 nitrogen and oxygen atoms in total. The SMILES string of the molecule is Cc1ccc(C(=O)N[C@H]2C[C@@H]3CC[C@H]2C3)cc1. The number of carbonyl (C=O) groups excluding carboxylic acids is 1. The van der Waals surface area contributed by atoms with E-state index in [1.54, 1.807) is 0 Å². The fourth-order valence-electron chi connectivity index (χ4n) is 3.38. The molecule has 1 aromatic carbocycles. The van der Waals surface area contributed by atoms with Crippen LogP contribution in [0.2, 0.25) is 0 Å². The lowest BCUT2D eigenvalue weighted by atomic mass is 9.95. The van der Waals surface area contributed by atoms with Gasteiger partial charge in [0.05, 0.1) is 0 Å². The van der Waals surface area contributed by atoms with E-state index in [1.807, 2.05) is 31.2 Å². The van der Waals surface area contributed by atoms with Gasteiger partial charge in [-0.2, -0.15) is 0 Å². The highest BCUT2D eigenvalue weighted by atomic mass is 16.1. The molecule has 2 aliphatic carbocycles. The minimum Gasteiger partial charge on any atom is -0.349 e. The van der Waals surface area contributed by atoms with Crippen LogP contribution in [0.4, 0.5) is 0 Å². The van der Waals surface area contributed by atoms with Crippen LogP contribution in [0.3, 0.4) is 0 Å². The summed E-state index contributed by atoms with van der Waals surface area (Å²) in [6.45, 7) is 2.04. The Bertz CT molecular complexity index is 423. The van der Waals surface area contributed by atoms with Crippen molar-refractivity contribution in [1.82, 2.24) is 5.32 Å². The number of hydrogen-bond donors (Lipinski definition) is 1. The van der Waals surface area contributed by atoms with Crippen LogP contribution < -0.4 is 5.32 Å². The van der Waals surface area contributed by atoms with Gasteiger partial charge < -0.3 is 5.32 Å². The minimum absolute atomic E-state index is 0.0996. The molecule has 90 valence electrons. The Labute approximate surface area is 102 Å². The van der Waals surface area contributed by atoms with Gasteiger partial charge in [0.15, 0.2) is 0 Å². The standard InChI is InChI=1S/C15H19NO/c1-10-2-5-12(6-3-10)15(17)16-14-9-11-4-7-13(14)8-11/h2-3,5-6,11,13-14H,4,7-9H2,1H3,(H,16,17)/t11-,13+,14+/m1/s1. The molecule has 0 aromatic heterocycles. The third kappa shape index (κ3) is 2.08. The van der Waals surface area contributed by atoms with Crippen molar-refractivity contribution in [2.75, 3.05) is 0 Å². The lowest BCUT2D eigenvalue weighted by Gasteiger charge is -2.22. The second-order valence-corrected chi connectivity index (χ2v) is 5.62. The van der Waals surface area contributed by atoms with Gasteiger partial charge in [-0.1, -0.05) is 24.1 Å². The molecule has 0 unspecified atom stereocenters. The molecule has 0 radical (unpaired) electrons. The van der Waals surface area contributed by atoms with Crippen molar-refractivity contribution in [3.05, 3.63) is 35.4 Å². The third-order valence-corrected chi connectivity index (χ3v) is 4.37. The van der Waals surface area contributed by atoms with Crippen LogP contribution >= 0.6 is 0 Å². The molecule has 2 fully saturated rings. The van der Waals surface area contributed by atoms with Gasteiger partial charge in [0.2, 0.25) is 0 Å². The van der Waals surface area contributed by atoms with Gasteiger partial charge >= 0.3 is 0 Å². The Morgan fingerprint density at radius 3 is 2.53 bits per heavy atom. The van der Waals surface area contributed by atoms with Crippen LogP contribution in [0.15, 0.2) is 24.3 Å². The van der Waals surface area contributed by atoms with Crippen molar-refractivity contribution in [3.8, 4) is 0 Å². The summed E-state index contributed by atoms with van der Waals surface area (Å²) in [4.78, 5) is 12.1. The number of hydrogen-bond acceptors (Lipinski definition) is 1. The number of nitrogens with one attached hydrogen (secondary N) is 1. The lowest BCUT2D eigenvalue weighted by Crippen LogP contribution is -2.38. The van der Waals surface area contributed by atoms with Crippen LogP contribution in [-0.4, -0.2) is 11.9 Å². The summed E-state index contributed by atoms with van der Waals surface area (Å²) in [7, 11) is 0. The van der Waals surface area contributed by atoms with Crippen molar-refractivity contribution in [2.24, 2.45) is 11.8 Å². The summed E-state index contributed by atoms with van der Waals surface area (Å²) in [6, 6.07) is 8.25. The van der Waals surface area contributed by atoms with E-state index < -0.39 is 0 Å². The predicted octanol–water partition coefficient (Wildman–Crippen LogP) is 2.91. The first-order valence-electron chi connectivity index (χ1n) is 6.60. The Kier molecular flexibility index (Phi) is 2.65. The van der Waals surface area contributed by atoms with Gasteiger partial charge in [0.1, 0.15) is 0 Å². The summed E-state index contributed by atoms with van der Waals surface area (Å²) in [5.74, 6) is 1.72. The molecule has 17 heavy (non-hydrogen) atoms. The molecule has 1 aromatic rings. The summed E-state index contributed by atoms with van der Waals surface area (Å²) in [5, 5.41) is 3.21. The largest absolute Gasteiger partial charge is 0.349 e.